The van der Waals surface area contributed by atoms with Crippen molar-refractivity contribution in [3.8, 4) is 11.5 Å². The quantitative estimate of drug-likeness (QED) is 0.398. The first-order valence-electron chi connectivity index (χ1n) is 10.6. The maximum atomic E-state index is 12.8. The van der Waals surface area contributed by atoms with Crippen LogP contribution in [0.3, 0.4) is 0 Å². The number of ether oxygens (including phenoxy) is 2. The minimum absolute atomic E-state index is 0.209. The molecule has 0 atom stereocenters. The van der Waals surface area contributed by atoms with E-state index in [4.69, 9.17) is 21.1 Å². The lowest BCUT2D eigenvalue weighted by Gasteiger charge is -2.13. The molecular formula is C26H21ClN2O5S. The molecule has 1 saturated heterocycles. The number of methoxy groups -OCH3 is 1. The molecular weight excluding hydrogens is 488 g/mol. The van der Waals surface area contributed by atoms with Crippen LogP contribution in [0.15, 0.2) is 77.7 Å². The number of carbonyl (C=O) groups is 3. The normalized spacial score (nSPS) is 14.3. The van der Waals surface area contributed by atoms with Crippen LogP contribution in [-0.2, 0) is 16.2 Å². The summed E-state index contributed by atoms with van der Waals surface area (Å²) in [5.74, 6) is -0.0215. The molecule has 0 aliphatic carbocycles. The van der Waals surface area contributed by atoms with Crippen LogP contribution in [0.4, 0.5) is 10.5 Å². The molecule has 0 radical (unpaired) electrons. The zero-order chi connectivity index (χ0) is 24.8. The highest BCUT2D eigenvalue weighted by Gasteiger charge is 2.36. The molecule has 3 amide bonds. The summed E-state index contributed by atoms with van der Waals surface area (Å²) in [5, 5.41) is 2.45. The minimum atomic E-state index is -0.544. The highest BCUT2D eigenvalue weighted by atomic mass is 35.5. The van der Waals surface area contributed by atoms with E-state index in [0.717, 1.165) is 22.2 Å². The standard InChI is InChI=1S/C26H21ClN2O5S/c1-33-22-13-18(11-12-21(22)34-16-17-7-3-2-4-8-17)14-23-25(31)29(26(32)35-23)15-24(30)28-20-10-6-5-9-19(20)27/h2-14H,15-16H2,1H3,(H,28,30)/b23-14+. The Balaban J connectivity index is 1.43. The molecule has 0 saturated carbocycles. The van der Waals surface area contributed by atoms with E-state index < -0.39 is 23.6 Å². The van der Waals surface area contributed by atoms with Crippen molar-refractivity contribution in [1.29, 1.82) is 0 Å². The average molecular weight is 509 g/mol. The summed E-state index contributed by atoms with van der Waals surface area (Å²) >= 11 is 6.82. The van der Waals surface area contributed by atoms with Crippen LogP contribution >= 0.6 is 23.4 Å². The second-order valence-electron chi connectivity index (χ2n) is 7.48. The van der Waals surface area contributed by atoms with Gasteiger partial charge < -0.3 is 14.8 Å². The van der Waals surface area contributed by atoms with Gasteiger partial charge in [-0.2, -0.15) is 0 Å². The Morgan fingerprint density at radius 1 is 1.03 bits per heavy atom. The van der Waals surface area contributed by atoms with Crippen LogP contribution in [0, 0.1) is 0 Å². The number of carbonyl (C=O) groups excluding carboxylic acids is 3. The molecule has 1 N–H and O–H groups in total. The van der Waals surface area contributed by atoms with Gasteiger partial charge in [-0.25, -0.2) is 0 Å². The molecule has 1 fully saturated rings. The maximum absolute atomic E-state index is 12.8. The topological polar surface area (TPSA) is 84.9 Å². The Morgan fingerprint density at radius 3 is 2.51 bits per heavy atom. The number of amides is 3. The highest BCUT2D eigenvalue weighted by Crippen LogP contribution is 2.35. The van der Waals surface area contributed by atoms with Gasteiger partial charge in [-0.05, 0) is 53.2 Å². The van der Waals surface area contributed by atoms with Crippen molar-refractivity contribution in [3.05, 3.63) is 93.9 Å². The molecule has 3 aromatic carbocycles. The molecule has 9 heteroatoms. The van der Waals surface area contributed by atoms with E-state index in [1.54, 1.807) is 48.5 Å². The summed E-state index contributed by atoms with van der Waals surface area (Å²) in [4.78, 5) is 38.7. The Morgan fingerprint density at radius 2 is 1.77 bits per heavy atom. The molecule has 4 rings (SSSR count). The number of halogens is 1. The van der Waals surface area contributed by atoms with E-state index in [1.807, 2.05) is 30.3 Å². The minimum Gasteiger partial charge on any atom is -0.493 e. The summed E-state index contributed by atoms with van der Waals surface area (Å²) in [5.41, 5.74) is 2.08. The summed E-state index contributed by atoms with van der Waals surface area (Å²) in [6.45, 7) is -0.0332. The molecule has 7 nitrogen and oxygen atoms in total. The fourth-order valence-corrected chi connectivity index (χ4v) is 4.33. The van der Waals surface area contributed by atoms with E-state index in [1.165, 1.54) is 7.11 Å². The molecule has 0 aromatic heterocycles. The van der Waals surface area contributed by atoms with E-state index in [2.05, 4.69) is 5.32 Å². The number of benzene rings is 3. The van der Waals surface area contributed by atoms with Crippen molar-refractivity contribution in [1.82, 2.24) is 4.90 Å². The van der Waals surface area contributed by atoms with Crippen LogP contribution < -0.4 is 14.8 Å². The predicted molar refractivity (Wildman–Crippen MR) is 137 cm³/mol. The van der Waals surface area contributed by atoms with Gasteiger partial charge in [0.25, 0.3) is 11.1 Å². The Hall–Kier alpha value is -3.75. The lowest BCUT2D eigenvalue weighted by atomic mass is 10.1. The van der Waals surface area contributed by atoms with Gasteiger partial charge in [0.2, 0.25) is 5.91 Å². The van der Waals surface area contributed by atoms with E-state index in [-0.39, 0.29) is 4.91 Å². The van der Waals surface area contributed by atoms with Crippen molar-refractivity contribution in [3.63, 3.8) is 0 Å². The van der Waals surface area contributed by atoms with Crippen molar-refractivity contribution in [2.45, 2.75) is 6.61 Å². The van der Waals surface area contributed by atoms with Gasteiger partial charge in [0.15, 0.2) is 11.5 Å². The molecule has 1 heterocycles. The monoisotopic (exact) mass is 508 g/mol. The van der Waals surface area contributed by atoms with Crippen LogP contribution in [0.25, 0.3) is 6.08 Å². The number of hydrogen-bond acceptors (Lipinski definition) is 6. The largest absolute Gasteiger partial charge is 0.493 e. The second-order valence-corrected chi connectivity index (χ2v) is 8.88. The molecule has 0 bridgehead atoms. The fourth-order valence-electron chi connectivity index (χ4n) is 3.31. The van der Waals surface area contributed by atoms with E-state index in [9.17, 15) is 14.4 Å². The van der Waals surface area contributed by atoms with Crippen molar-refractivity contribution < 1.29 is 23.9 Å². The third-order valence-electron chi connectivity index (χ3n) is 5.05. The summed E-state index contributed by atoms with van der Waals surface area (Å²) in [6, 6.07) is 21.7. The Labute approximate surface area is 211 Å². The van der Waals surface area contributed by atoms with Gasteiger partial charge >= 0.3 is 0 Å². The van der Waals surface area contributed by atoms with Crippen molar-refractivity contribution >= 4 is 52.2 Å². The molecule has 1 aliphatic rings. The smallest absolute Gasteiger partial charge is 0.294 e. The third kappa shape index (κ3) is 6.03. The van der Waals surface area contributed by atoms with Crippen LogP contribution in [0.2, 0.25) is 5.02 Å². The van der Waals surface area contributed by atoms with Crippen LogP contribution in [-0.4, -0.2) is 35.6 Å². The van der Waals surface area contributed by atoms with Gasteiger partial charge in [0, 0.05) is 0 Å². The molecule has 35 heavy (non-hydrogen) atoms. The van der Waals surface area contributed by atoms with Gasteiger partial charge in [-0.3, -0.25) is 19.3 Å². The number of thioether (sulfide) groups is 1. The Kier molecular flexibility index (Phi) is 7.74. The Bertz CT molecular complexity index is 1300. The number of imide groups is 1. The highest BCUT2D eigenvalue weighted by molar-refractivity contribution is 8.18. The first-order chi connectivity index (χ1) is 16.9. The van der Waals surface area contributed by atoms with Crippen LogP contribution in [0.1, 0.15) is 11.1 Å². The lowest BCUT2D eigenvalue weighted by molar-refractivity contribution is -0.127. The van der Waals surface area contributed by atoms with Crippen LogP contribution in [0.5, 0.6) is 11.5 Å². The second kappa shape index (κ2) is 11.1. The van der Waals surface area contributed by atoms with Gasteiger partial charge in [0.05, 0.1) is 22.7 Å². The van der Waals surface area contributed by atoms with Crippen molar-refractivity contribution in [2.75, 3.05) is 19.0 Å². The predicted octanol–water partition coefficient (Wildman–Crippen LogP) is 5.60. The van der Waals surface area contributed by atoms with E-state index >= 15 is 0 Å². The van der Waals surface area contributed by atoms with Crippen molar-refractivity contribution in [2.24, 2.45) is 0 Å². The van der Waals surface area contributed by atoms with Gasteiger partial charge in [-0.1, -0.05) is 60.1 Å². The van der Waals surface area contributed by atoms with Gasteiger partial charge in [0.1, 0.15) is 13.2 Å². The zero-order valence-corrected chi connectivity index (χ0v) is 20.3. The molecule has 0 unspecified atom stereocenters. The number of para-hydroxylation sites is 1. The summed E-state index contributed by atoms with van der Waals surface area (Å²) < 4.78 is 11.3. The number of nitrogens with zero attached hydrogens (tertiary/aromatic N) is 1. The number of rotatable bonds is 8. The maximum Gasteiger partial charge on any atom is 0.294 e. The number of hydrogen-bond donors (Lipinski definition) is 1. The average Bonchev–Trinajstić information content (AvgIpc) is 3.12. The molecule has 178 valence electrons. The fraction of sp³-hybridized carbons (Fsp3) is 0.115. The lowest BCUT2D eigenvalue weighted by Crippen LogP contribution is -2.36. The number of anilines is 1. The number of nitrogens with one attached hydrogen (secondary N) is 1. The summed E-state index contributed by atoms with van der Waals surface area (Å²) in [6.07, 6.45) is 1.58. The van der Waals surface area contributed by atoms with E-state index in [0.29, 0.717) is 34.4 Å². The molecule has 1 aliphatic heterocycles. The third-order valence-corrected chi connectivity index (χ3v) is 6.28. The molecule has 0 spiro atoms. The SMILES string of the molecule is COc1cc(/C=C2/SC(=O)N(CC(=O)Nc3ccccc3Cl)C2=O)ccc1OCc1ccccc1. The first kappa shape index (κ1) is 24.4. The zero-order valence-electron chi connectivity index (χ0n) is 18.7. The summed E-state index contributed by atoms with van der Waals surface area (Å²) in [7, 11) is 1.53. The first-order valence-corrected chi connectivity index (χ1v) is 11.8. The molecule has 3 aromatic rings. The van der Waals surface area contributed by atoms with Gasteiger partial charge in [-0.15, -0.1) is 0 Å².